The fourth-order valence-corrected chi connectivity index (χ4v) is 2.33. The number of nitrogens with zero attached hydrogens (tertiary/aromatic N) is 1. The van der Waals surface area contributed by atoms with Gasteiger partial charge in [-0.05, 0) is 6.26 Å². The summed E-state index contributed by atoms with van der Waals surface area (Å²) < 4.78 is 31.3. The first-order valence-electron chi connectivity index (χ1n) is 1.92. The highest BCUT2D eigenvalue weighted by Crippen LogP contribution is 2.56. The molecule has 0 spiro atoms. The predicted octanol–water partition coefficient (Wildman–Crippen LogP) is 3.66. The molecule has 0 saturated heterocycles. The summed E-state index contributed by atoms with van der Waals surface area (Å²) in [5, 5.41) is 0. The quantitative estimate of drug-likeness (QED) is 0.636. The van der Waals surface area contributed by atoms with Crippen molar-refractivity contribution in [3.8, 4) is 0 Å². The van der Waals surface area contributed by atoms with Crippen LogP contribution in [-0.2, 0) is 4.52 Å². The third-order valence-electron chi connectivity index (χ3n) is 0.442. The summed E-state index contributed by atoms with van der Waals surface area (Å²) in [5.41, 5.74) is 0. The van der Waals surface area contributed by atoms with Crippen molar-refractivity contribution < 1.29 is 12.9 Å². The van der Waals surface area contributed by atoms with Crippen molar-refractivity contribution in [2.24, 2.45) is 4.52 Å². The molecule has 0 radical (unpaired) electrons. The zero-order valence-corrected chi connectivity index (χ0v) is 7.52. The second-order valence-corrected chi connectivity index (χ2v) is 5.26. The summed E-state index contributed by atoms with van der Waals surface area (Å²) in [5.74, 6) is 0. The van der Waals surface area contributed by atoms with Crippen LogP contribution in [0.25, 0.3) is 0 Å². The van der Waals surface area contributed by atoms with E-state index in [4.69, 9.17) is 0 Å². The van der Waals surface area contributed by atoms with Crippen LogP contribution in [0.3, 0.4) is 0 Å². The number of hydrogen-bond acceptors (Lipinski definition) is 3. The van der Waals surface area contributed by atoms with Gasteiger partial charge in [0.1, 0.15) is 0 Å². The molecule has 2 nitrogen and oxygen atoms in total. The van der Waals surface area contributed by atoms with E-state index >= 15 is 0 Å². The zero-order valence-electron chi connectivity index (χ0n) is 4.91. The minimum atomic E-state index is -2.37. The molecular weight excluding hydrogens is 186 g/mol. The number of halogens is 2. The highest BCUT2D eigenvalue weighted by molar-refractivity contribution is 8.53. The molecule has 0 aromatic carbocycles. The van der Waals surface area contributed by atoms with Crippen molar-refractivity contribution in [3.05, 3.63) is 0 Å². The van der Waals surface area contributed by atoms with E-state index in [9.17, 15) is 8.39 Å². The van der Waals surface area contributed by atoms with Crippen molar-refractivity contribution in [1.82, 2.24) is 0 Å². The smallest absolute Gasteiger partial charge is 0.183 e. The Balaban J connectivity index is 3.64. The van der Waals surface area contributed by atoms with Gasteiger partial charge in [-0.1, -0.05) is 11.4 Å². The Labute approximate surface area is 58.7 Å². The third-order valence-corrected chi connectivity index (χ3v) is 3.73. The van der Waals surface area contributed by atoms with Gasteiger partial charge in [0, 0.05) is 4.52 Å². The third kappa shape index (κ3) is 5.16. The van der Waals surface area contributed by atoms with Gasteiger partial charge in [0.05, 0.1) is 11.3 Å². The van der Waals surface area contributed by atoms with Crippen molar-refractivity contribution in [2.75, 3.05) is 13.4 Å². The Bertz CT molecular complexity index is 113. The minimum absolute atomic E-state index is 0.896. The van der Waals surface area contributed by atoms with Crippen LogP contribution in [0.2, 0.25) is 0 Å². The lowest BCUT2D eigenvalue weighted by atomic mass is 11.8. The molecule has 0 aromatic heterocycles. The molecule has 0 amide bonds. The Kier molecular flexibility index (Phi) is 5.91. The Morgan fingerprint density at radius 1 is 1.78 bits per heavy atom. The SMILES string of the molecule is CO[P+](F)=NP(F)SC. The number of hydrogen-bond donors (Lipinski definition) is 0. The summed E-state index contributed by atoms with van der Waals surface area (Å²) in [6.07, 6.45) is 1.54. The van der Waals surface area contributed by atoms with Crippen LogP contribution in [0.15, 0.2) is 4.52 Å². The second kappa shape index (κ2) is 5.48. The monoisotopic (exact) mass is 192 g/mol. The maximum Gasteiger partial charge on any atom is 0.616 e. The van der Waals surface area contributed by atoms with Gasteiger partial charge in [-0.3, -0.25) is 0 Å². The van der Waals surface area contributed by atoms with Crippen LogP contribution >= 0.6 is 27.2 Å². The van der Waals surface area contributed by atoms with Gasteiger partial charge >= 0.3 is 15.8 Å². The highest BCUT2D eigenvalue weighted by Gasteiger charge is 2.17. The first-order valence-corrected chi connectivity index (χ1v) is 6.04. The summed E-state index contributed by atoms with van der Waals surface area (Å²) in [6, 6.07) is 0. The summed E-state index contributed by atoms with van der Waals surface area (Å²) in [6.45, 7) is 0. The van der Waals surface area contributed by atoms with Gasteiger partial charge in [0.15, 0.2) is 0 Å². The van der Waals surface area contributed by atoms with Crippen molar-refractivity contribution >= 4 is 27.2 Å². The maximum atomic E-state index is 12.1. The van der Waals surface area contributed by atoms with Gasteiger partial charge in [0.2, 0.25) is 0 Å². The maximum absolute atomic E-state index is 12.1. The normalized spacial score (nSPS) is 15.8. The average Bonchev–Trinajstić information content (AvgIpc) is 1.87. The van der Waals surface area contributed by atoms with Crippen LogP contribution < -0.4 is 0 Å². The molecule has 0 rings (SSSR count). The predicted molar refractivity (Wildman–Crippen MR) is 39.0 cm³/mol. The number of rotatable bonds is 3. The molecular formula is C2H6F2NOP2S+. The largest absolute Gasteiger partial charge is 0.616 e. The van der Waals surface area contributed by atoms with Gasteiger partial charge in [-0.2, -0.15) is 4.20 Å². The van der Waals surface area contributed by atoms with Crippen LogP contribution in [0.5, 0.6) is 0 Å². The fourth-order valence-electron chi connectivity index (χ4n) is 0.128. The van der Waals surface area contributed by atoms with Crippen molar-refractivity contribution in [1.29, 1.82) is 0 Å². The second-order valence-electron chi connectivity index (χ2n) is 0.907. The van der Waals surface area contributed by atoms with E-state index in [0.29, 0.717) is 0 Å². The standard InChI is InChI=1S/C2H6F2NOP2S/c1-6-7(3)5-8(4)9-2/h1-2H3/q+1. The van der Waals surface area contributed by atoms with Gasteiger partial charge in [-0.15, -0.1) is 4.52 Å². The van der Waals surface area contributed by atoms with Gasteiger partial charge in [0.25, 0.3) is 0 Å². The lowest BCUT2D eigenvalue weighted by molar-refractivity contribution is 0.441. The molecule has 9 heavy (non-hydrogen) atoms. The Morgan fingerprint density at radius 3 is 2.67 bits per heavy atom. The molecule has 0 aliphatic carbocycles. The van der Waals surface area contributed by atoms with E-state index < -0.39 is 15.8 Å². The first-order chi connectivity index (χ1) is 4.20. The van der Waals surface area contributed by atoms with Gasteiger partial charge in [-0.25, -0.2) is 0 Å². The van der Waals surface area contributed by atoms with Gasteiger partial charge < -0.3 is 0 Å². The Morgan fingerprint density at radius 2 is 2.33 bits per heavy atom. The summed E-state index contributed by atoms with van der Waals surface area (Å²) in [7, 11) is -3.25. The van der Waals surface area contributed by atoms with Crippen LogP contribution in [0.1, 0.15) is 0 Å². The van der Waals surface area contributed by atoms with E-state index in [1.54, 1.807) is 0 Å². The van der Waals surface area contributed by atoms with E-state index in [0.717, 1.165) is 11.4 Å². The molecule has 0 aliphatic heterocycles. The molecule has 0 heterocycles. The molecule has 0 saturated carbocycles. The molecule has 54 valence electrons. The van der Waals surface area contributed by atoms with Crippen LogP contribution in [0.4, 0.5) is 8.39 Å². The highest BCUT2D eigenvalue weighted by atomic mass is 32.7. The lowest BCUT2D eigenvalue weighted by Crippen LogP contribution is -1.55. The first kappa shape index (κ1) is 9.70. The van der Waals surface area contributed by atoms with E-state index in [2.05, 4.69) is 9.04 Å². The lowest BCUT2D eigenvalue weighted by Gasteiger charge is -1.83. The molecule has 0 fully saturated rings. The summed E-state index contributed by atoms with van der Waals surface area (Å²) in [4.78, 5) is 0. The fraction of sp³-hybridized carbons (Fsp3) is 1.00. The Hall–Kier alpha value is 0.700. The molecule has 0 N–H and O–H groups in total. The van der Waals surface area contributed by atoms with Crippen molar-refractivity contribution in [3.63, 3.8) is 0 Å². The molecule has 7 heteroatoms. The average molecular weight is 192 g/mol. The van der Waals surface area contributed by atoms with E-state index in [1.807, 2.05) is 0 Å². The zero-order chi connectivity index (χ0) is 7.28. The van der Waals surface area contributed by atoms with Crippen LogP contribution in [0, 0.1) is 0 Å². The molecule has 2 unspecified atom stereocenters. The summed E-state index contributed by atoms with van der Waals surface area (Å²) >= 11 is 0.896. The van der Waals surface area contributed by atoms with E-state index in [1.165, 1.54) is 13.4 Å². The molecule has 0 bridgehead atoms. The van der Waals surface area contributed by atoms with Crippen LogP contribution in [-0.4, -0.2) is 13.4 Å². The molecule has 2 atom stereocenters. The van der Waals surface area contributed by atoms with Crippen molar-refractivity contribution in [2.45, 2.75) is 0 Å². The molecule has 0 aliphatic rings. The topological polar surface area (TPSA) is 21.6 Å². The minimum Gasteiger partial charge on any atom is -0.183 e. The van der Waals surface area contributed by atoms with E-state index in [-0.39, 0.29) is 0 Å². The molecule has 0 aromatic rings.